The minimum absolute atomic E-state index is 0.477. The van der Waals surface area contributed by atoms with Crippen molar-refractivity contribution in [3.05, 3.63) is 23.5 Å². The molecule has 0 aliphatic rings. The van der Waals surface area contributed by atoms with E-state index in [1.54, 1.807) is 26.1 Å². The van der Waals surface area contributed by atoms with Gasteiger partial charge in [-0.05, 0) is 25.8 Å². The molecule has 92 valence electrons. The zero-order chi connectivity index (χ0) is 12.6. The van der Waals surface area contributed by atoms with Crippen molar-refractivity contribution in [2.75, 3.05) is 6.54 Å². The first-order chi connectivity index (χ1) is 7.40. The van der Waals surface area contributed by atoms with Gasteiger partial charge < -0.3 is 5.32 Å². The van der Waals surface area contributed by atoms with E-state index in [1.165, 1.54) is 6.20 Å². The van der Waals surface area contributed by atoms with Gasteiger partial charge >= 0.3 is 6.18 Å². The third-order valence-corrected chi connectivity index (χ3v) is 1.73. The first-order valence-corrected chi connectivity index (χ1v) is 5.06. The molecule has 0 spiro atoms. The summed E-state index contributed by atoms with van der Waals surface area (Å²) in [5.74, 6) is 0. The molecule has 1 N–H and O–H groups in total. The van der Waals surface area contributed by atoms with E-state index in [4.69, 9.17) is 0 Å². The number of aliphatic imine (C=N–C) groups is 1. The molecule has 0 rings (SSSR count). The Labute approximate surface area is 94.0 Å². The molecule has 0 fully saturated rings. The highest BCUT2D eigenvalue weighted by molar-refractivity contribution is 5.54. The number of alkyl halides is 3. The smallest absolute Gasteiger partial charge is 0.376 e. The van der Waals surface area contributed by atoms with Gasteiger partial charge in [-0.15, -0.1) is 0 Å². The highest BCUT2D eigenvalue weighted by Crippen LogP contribution is 2.15. The predicted octanol–water partition coefficient (Wildman–Crippen LogP) is 3.43. The number of nitrogens with zero attached hydrogens (tertiary/aromatic N) is 1. The molecule has 5 heteroatoms. The van der Waals surface area contributed by atoms with Gasteiger partial charge in [0.1, 0.15) is 6.54 Å². The van der Waals surface area contributed by atoms with Crippen molar-refractivity contribution < 1.29 is 13.2 Å². The second-order valence-corrected chi connectivity index (χ2v) is 3.21. The molecule has 0 unspecified atom stereocenters. The van der Waals surface area contributed by atoms with Gasteiger partial charge in [-0.1, -0.05) is 13.0 Å². The van der Waals surface area contributed by atoms with Crippen molar-refractivity contribution in [3.8, 4) is 0 Å². The molecular weight excluding hydrogens is 217 g/mol. The van der Waals surface area contributed by atoms with Gasteiger partial charge in [0.05, 0.1) is 0 Å². The lowest BCUT2D eigenvalue weighted by Gasteiger charge is -2.13. The quantitative estimate of drug-likeness (QED) is 0.572. The summed E-state index contributed by atoms with van der Waals surface area (Å²) in [6.45, 7) is 4.31. The van der Waals surface area contributed by atoms with Crippen molar-refractivity contribution >= 4 is 6.21 Å². The molecule has 0 atom stereocenters. The Morgan fingerprint density at radius 1 is 1.38 bits per heavy atom. The molecule has 0 aromatic rings. The van der Waals surface area contributed by atoms with E-state index < -0.39 is 12.7 Å². The minimum Gasteiger partial charge on any atom is -0.376 e. The standard InChI is InChI=1S/C11H17F3N2/c1-4-6-10(9(3)7-15-5-2)16-8-11(12,13)14/h5-7,16H,4,8H2,1-3H3/b9-7+,10-6+,15-5-. The molecule has 0 aromatic heterocycles. The molecular formula is C11H17F3N2. The van der Waals surface area contributed by atoms with E-state index in [0.717, 1.165) is 0 Å². The summed E-state index contributed by atoms with van der Waals surface area (Å²) in [5, 5.41) is 2.36. The summed E-state index contributed by atoms with van der Waals surface area (Å²) < 4.78 is 36.1. The van der Waals surface area contributed by atoms with Crippen molar-refractivity contribution in [2.45, 2.75) is 33.4 Å². The maximum absolute atomic E-state index is 12.0. The molecule has 0 aliphatic heterocycles. The van der Waals surface area contributed by atoms with Crippen LogP contribution in [0.15, 0.2) is 28.5 Å². The van der Waals surface area contributed by atoms with E-state index in [0.29, 0.717) is 17.7 Å². The van der Waals surface area contributed by atoms with E-state index >= 15 is 0 Å². The van der Waals surface area contributed by atoms with E-state index in [9.17, 15) is 13.2 Å². The average Bonchev–Trinajstić information content (AvgIpc) is 2.19. The summed E-state index contributed by atoms with van der Waals surface area (Å²) >= 11 is 0. The molecule has 16 heavy (non-hydrogen) atoms. The van der Waals surface area contributed by atoms with Gasteiger partial charge in [0.15, 0.2) is 0 Å². The van der Waals surface area contributed by atoms with Crippen LogP contribution < -0.4 is 5.32 Å². The summed E-state index contributed by atoms with van der Waals surface area (Å²) in [6.07, 6.45) is 1.28. The first-order valence-electron chi connectivity index (χ1n) is 5.06. The molecule has 0 aliphatic carbocycles. The van der Waals surface area contributed by atoms with Gasteiger partial charge in [0.25, 0.3) is 0 Å². The Morgan fingerprint density at radius 2 is 2.00 bits per heavy atom. The Kier molecular flexibility index (Phi) is 6.53. The van der Waals surface area contributed by atoms with Gasteiger partial charge in [0.2, 0.25) is 0 Å². The zero-order valence-electron chi connectivity index (χ0n) is 9.73. The molecule has 0 bridgehead atoms. The topological polar surface area (TPSA) is 24.4 Å². The van der Waals surface area contributed by atoms with E-state index in [2.05, 4.69) is 10.3 Å². The molecule has 2 nitrogen and oxygen atoms in total. The van der Waals surface area contributed by atoms with Crippen molar-refractivity contribution in [1.29, 1.82) is 0 Å². The van der Waals surface area contributed by atoms with E-state index in [-0.39, 0.29) is 0 Å². The van der Waals surface area contributed by atoms with Crippen LogP contribution in [0.4, 0.5) is 13.2 Å². The second kappa shape index (κ2) is 7.09. The molecule has 0 saturated carbocycles. The lowest BCUT2D eigenvalue weighted by atomic mass is 10.2. The molecule has 0 aromatic carbocycles. The molecule has 0 saturated heterocycles. The fourth-order valence-electron chi connectivity index (χ4n) is 1.03. The number of hydrogen-bond donors (Lipinski definition) is 1. The molecule has 0 radical (unpaired) electrons. The van der Waals surface area contributed by atoms with Crippen LogP contribution in [0.1, 0.15) is 27.2 Å². The van der Waals surface area contributed by atoms with Crippen LogP contribution in [0.5, 0.6) is 0 Å². The largest absolute Gasteiger partial charge is 0.405 e. The fourth-order valence-corrected chi connectivity index (χ4v) is 1.03. The lowest BCUT2D eigenvalue weighted by Crippen LogP contribution is -2.28. The van der Waals surface area contributed by atoms with E-state index in [1.807, 2.05) is 6.92 Å². The summed E-state index contributed by atoms with van der Waals surface area (Å²) in [5.41, 5.74) is 1.16. The SMILES string of the molecule is C\C=N/C=C(C)/C(=C\CC)NCC(F)(F)F. The number of rotatable bonds is 5. The number of allylic oxidation sites excluding steroid dienone is 2. The minimum atomic E-state index is -4.21. The van der Waals surface area contributed by atoms with Crippen LogP contribution in [0.3, 0.4) is 0 Å². The van der Waals surface area contributed by atoms with Gasteiger partial charge in [-0.2, -0.15) is 13.2 Å². The van der Waals surface area contributed by atoms with Gasteiger partial charge in [0, 0.05) is 18.1 Å². The highest BCUT2D eigenvalue weighted by atomic mass is 19.4. The Balaban J connectivity index is 4.58. The first kappa shape index (κ1) is 14.7. The summed E-state index contributed by atoms with van der Waals surface area (Å²) in [6, 6.07) is 0. The maximum atomic E-state index is 12.0. The van der Waals surface area contributed by atoms with Crippen LogP contribution >= 0.6 is 0 Å². The number of halogens is 3. The number of hydrogen-bond acceptors (Lipinski definition) is 2. The highest BCUT2D eigenvalue weighted by Gasteiger charge is 2.26. The molecule has 0 amide bonds. The lowest BCUT2D eigenvalue weighted by molar-refractivity contribution is -0.123. The normalized spacial score (nSPS) is 14.6. The van der Waals surface area contributed by atoms with Crippen LogP contribution in [-0.2, 0) is 0 Å². The summed E-state index contributed by atoms with van der Waals surface area (Å²) in [7, 11) is 0. The van der Waals surface area contributed by atoms with Crippen LogP contribution in [-0.4, -0.2) is 18.9 Å². The Bertz CT molecular complexity index is 288. The maximum Gasteiger partial charge on any atom is 0.405 e. The van der Waals surface area contributed by atoms with Crippen LogP contribution in [0.2, 0.25) is 0 Å². The number of nitrogens with one attached hydrogen (secondary N) is 1. The van der Waals surface area contributed by atoms with Crippen molar-refractivity contribution in [3.63, 3.8) is 0 Å². The van der Waals surface area contributed by atoms with Crippen LogP contribution in [0.25, 0.3) is 0 Å². The van der Waals surface area contributed by atoms with Gasteiger partial charge in [-0.25, -0.2) is 0 Å². The molecule has 0 heterocycles. The second-order valence-electron chi connectivity index (χ2n) is 3.21. The summed E-state index contributed by atoms with van der Waals surface area (Å²) in [4.78, 5) is 3.87. The monoisotopic (exact) mass is 234 g/mol. The third-order valence-electron chi connectivity index (χ3n) is 1.73. The van der Waals surface area contributed by atoms with Gasteiger partial charge in [-0.3, -0.25) is 4.99 Å². The van der Waals surface area contributed by atoms with Crippen molar-refractivity contribution in [1.82, 2.24) is 5.32 Å². The van der Waals surface area contributed by atoms with Crippen molar-refractivity contribution in [2.24, 2.45) is 4.99 Å². The average molecular weight is 234 g/mol. The Hall–Kier alpha value is -1.26. The van der Waals surface area contributed by atoms with Crippen LogP contribution in [0, 0.1) is 0 Å². The fraction of sp³-hybridized carbons (Fsp3) is 0.545. The predicted molar refractivity (Wildman–Crippen MR) is 60.4 cm³/mol. The third kappa shape index (κ3) is 7.09. The Morgan fingerprint density at radius 3 is 2.44 bits per heavy atom. The zero-order valence-corrected chi connectivity index (χ0v) is 9.73.